The van der Waals surface area contributed by atoms with E-state index in [-0.39, 0.29) is 5.91 Å². The molecule has 0 spiro atoms. The van der Waals surface area contributed by atoms with E-state index < -0.39 is 0 Å². The van der Waals surface area contributed by atoms with Gasteiger partial charge in [-0.05, 0) is 54.6 Å². The quantitative estimate of drug-likeness (QED) is 0.554. The van der Waals surface area contributed by atoms with Gasteiger partial charge in [0.05, 0.1) is 11.3 Å². The van der Waals surface area contributed by atoms with Crippen molar-refractivity contribution in [2.24, 2.45) is 0 Å². The Hall–Kier alpha value is -4.13. The van der Waals surface area contributed by atoms with Crippen LogP contribution in [0.1, 0.15) is 10.4 Å². The fraction of sp³-hybridized carbons (Fsp3) is 0. The molecule has 0 aliphatic rings. The minimum absolute atomic E-state index is 0.206. The van der Waals surface area contributed by atoms with Crippen molar-refractivity contribution in [1.29, 1.82) is 0 Å². The topological polar surface area (TPSA) is 92.7 Å². The van der Waals surface area contributed by atoms with Gasteiger partial charge in [-0.3, -0.25) is 14.8 Å². The van der Waals surface area contributed by atoms with Crippen LogP contribution < -0.4 is 10.6 Å². The monoisotopic (exact) mass is 368 g/mol. The van der Waals surface area contributed by atoms with Crippen LogP contribution in [-0.2, 0) is 0 Å². The average molecular weight is 368 g/mol. The normalized spacial score (nSPS) is 10.3. The molecule has 2 N–H and O–H groups in total. The Morgan fingerprint density at radius 1 is 0.786 bits per heavy atom. The zero-order chi connectivity index (χ0) is 19.2. The molecule has 0 saturated heterocycles. The minimum Gasteiger partial charge on any atom is -0.324 e. The summed E-state index contributed by atoms with van der Waals surface area (Å²) in [6, 6.07) is 16.4. The lowest BCUT2D eigenvalue weighted by atomic mass is 10.2. The highest BCUT2D eigenvalue weighted by molar-refractivity contribution is 6.04. The summed E-state index contributed by atoms with van der Waals surface area (Å²) >= 11 is 0. The summed E-state index contributed by atoms with van der Waals surface area (Å²) in [4.78, 5) is 28.9. The van der Waals surface area contributed by atoms with Gasteiger partial charge >= 0.3 is 0 Å². The molecule has 28 heavy (non-hydrogen) atoms. The summed E-state index contributed by atoms with van der Waals surface area (Å²) < 4.78 is 0. The van der Waals surface area contributed by atoms with Crippen molar-refractivity contribution >= 4 is 23.2 Å². The number of anilines is 3. The molecule has 4 rings (SSSR count). The molecule has 7 nitrogen and oxygen atoms in total. The molecule has 0 fully saturated rings. The first-order chi connectivity index (χ1) is 13.8. The molecule has 1 amide bonds. The molecule has 0 unspecified atom stereocenters. The fourth-order valence-corrected chi connectivity index (χ4v) is 2.57. The first-order valence-electron chi connectivity index (χ1n) is 8.60. The van der Waals surface area contributed by atoms with Gasteiger partial charge in [-0.2, -0.15) is 0 Å². The van der Waals surface area contributed by atoms with Crippen LogP contribution in [-0.4, -0.2) is 25.8 Å². The number of amides is 1. The van der Waals surface area contributed by atoms with Gasteiger partial charge in [0.25, 0.3) is 5.91 Å². The van der Waals surface area contributed by atoms with Crippen LogP contribution in [0.15, 0.2) is 85.6 Å². The maximum Gasteiger partial charge on any atom is 0.257 e. The molecule has 1 aromatic carbocycles. The van der Waals surface area contributed by atoms with E-state index in [2.05, 4.69) is 30.6 Å². The number of aromatic nitrogens is 4. The van der Waals surface area contributed by atoms with E-state index in [4.69, 9.17) is 0 Å². The van der Waals surface area contributed by atoms with Crippen LogP contribution in [0, 0.1) is 0 Å². The molecule has 3 aromatic heterocycles. The molecule has 4 aromatic rings. The van der Waals surface area contributed by atoms with Crippen molar-refractivity contribution < 1.29 is 4.79 Å². The van der Waals surface area contributed by atoms with Gasteiger partial charge in [-0.15, -0.1) is 0 Å². The highest BCUT2D eigenvalue weighted by atomic mass is 16.1. The van der Waals surface area contributed by atoms with Gasteiger partial charge in [-0.1, -0.05) is 0 Å². The molecule has 0 bridgehead atoms. The molecule has 136 valence electrons. The van der Waals surface area contributed by atoms with Crippen LogP contribution in [0.3, 0.4) is 0 Å². The predicted molar refractivity (Wildman–Crippen MR) is 107 cm³/mol. The van der Waals surface area contributed by atoms with Crippen LogP contribution >= 0.6 is 0 Å². The number of pyridine rings is 2. The summed E-state index contributed by atoms with van der Waals surface area (Å²) in [7, 11) is 0. The van der Waals surface area contributed by atoms with Gasteiger partial charge in [0.15, 0.2) is 0 Å². The third-order valence-electron chi connectivity index (χ3n) is 3.95. The molecule has 7 heteroatoms. The van der Waals surface area contributed by atoms with Crippen LogP contribution in [0.5, 0.6) is 0 Å². The summed E-state index contributed by atoms with van der Waals surface area (Å²) in [6.07, 6.45) is 8.31. The van der Waals surface area contributed by atoms with Crippen LogP contribution in [0.25, 0.3) is 11.3 Å². The molecule has 0 radical (unpaired) electrons. The van der Waals surface area contributed by atoms with E-state index in [0.717, 1.165) is 16.9 Å². The predicted octanol–water partition coefficient (Wildman–Crippen LogP) is 3.93. The van der Waals surface area contributed by atoms with Gasteiger partial charge in [-0.25, -0.2) is 9.97 Å². The summed E-state index contributed by atoms with van der Waals surface area (Å²) in [5.74, 6) is 0.281. The Labute approximate surface area is 161 Å². The highest BCUT2D eigenvalue weighted by Gasteiger charge is 2.06. The van der Waals surface area contributed by atoms with Crippen molar-refractivity contribution in [3.8, 4) is 11.3 Å². The number of hydrogen-bond donors (Lipinski definition) is 2. The van der Waals surface area contributed by atoms with Crippen molar-refractivity contribution in [3.63, 3.8) is 0 Å². The fourth-order valence-electron chi connectivity index (χ4n) is 2.57. The van der Waals surface area contributed by atoms with Crippen molar-refractivity contribution in [2.75, 3.05) is 10.6 Å². The van der Waals surface area contributed by atoms with Crippen molar-refractivity contribution in [1.82, 2.24) is 19.9 Å². The molecule has 0 aliphatic carbocycles. The largest absolute Gasteiger partial charge is 0.324 e. The molecular formula is C21H16N6O. The third-order valence-corrected chi connectivity index (χ3v) is 3.95. The van der Waals surface area contributed by atoms with Gasteiger partial charge in [0.1, 0.15) is 0 Å². The number of carbonyl (C=O) groups is 1. The Morgan fingerprint density at radius 2 is 1.57 bits per heavy atom. The Morgan fingerprint density at radius 3 is 2.32 bits per heavy atom. The summed E-state index contributed by atoms with van der Waals surface area (Å²) in [5, 5.41) is 6.00. The first kappa shape index (κ1) is 17.3. The maximum atomic E-state index is 12.2. The summed E-state index contributed by atoms with van der Waals surface area (Å²) in [5.41, 5.74) is 3.78. The first-order valence-corrected chi connectivity index (χ1v) is 8.60. The summed E-state index contributed by atoms with van der Waals surface area (Å²) in [6.45, 7) is 0. The highest BCUT2D eigenvalue weighted by Crippen LogP contribution is 2.20. The smallest absolute Gasteiger partial charge is 0.257 e. The van der Waals surface area contributed by atoms with Gasteiger partial charge < -0.3 is 10.6 Å². The zero-order valence-corrected chi connectivity index (χ0v) is 14.8. The van der Waals surface area contributed by atoms with E-state index in [1.807, 2.05) is 42.5 Å². The van der Waals surface area contributed by atoms with Crippen LogP contribution in [0.4, 0.5) is 17.3 Å². The Bertz CT molecular complexity index is 1070. The average Bonchev–Trinajstić information content (AvgIpc) is 2.76. The molecule has 0 atom stereocenters. The van der Waals surface area contributed by atoms with Crippen molar-refractivity contribution in [3.05, 3.63) is 91.1 Å². The number of rotatable bonds is 5. The Balaban J connectivity index is 1.44. The van der Waals surface area contributed by atoms with Gasteiger partial charge in [0.2, 0.25) is 5.95 Å². The Kier molecular flexibility index (Phi) is 4.97. The molecule has 0 saturated carbocycles. The molecular weight excluding hydrogens is 352 g/mol. The lowest BCUT2D eigenvalue weighted by molar-refractivity contribution is 0.102. The van der Waals surface area contributed by atoms with Crippen molar-refractivity contribution in [2.45, 2.75) is 0 Å². The van der Waals surface area contributed by atoms with Gasteiger partial charge in [0, 0.05) is 47.9 Å². The minimum atomic E-state index is -0.206. The molecule has 0 aliphatic heterocycles. The maximum absolute atomic E-state index is 12.2. The van der Waals surface area contributed by atoms with E-state index in [1.54, 1.807) is 36.9 Å². The van der Waals surface area contributed by atoms with E-state index in [1.165, 1.54) is 6.20 Å². The second kappa shape index (κ2) is 8.05. The second-order valence-electron chi connectivity index (χ2n) is 5.90. The third kappa shape index (κ3) is 4.16. The van der Waals surface area contributed by atoms with E-state index >= 15 is 0 Å². The van der Waals surface area contributed by atoms with E-state index in [0.29, 0.717) is 17.2 Å². The number of benzene rings is 1. The number of nitrogens with zero attached hydrogens (tertiary/aromatic N) is 4. The number of carbonyl (C=O) groups excluding carboxylic acids is 1. The number of nitrogens with one attached hydrogen (secondary N) is 2. The lowest BCUT2D eigenvalue weighted by Gasteiger charge is -2.08. The standard InChI is InChI=1S/C21H16N6O/c28-20(16-2-1-10-23-14-16)25-17-3-5-18(6-4-17)26-21-24-13-9-19(27-21)15-7-11-22-12-8-15/h1-14H,(H,25,28)(H,24,26,27). The van der Waals surface area contributed by atoms with E-state index in [9.17, 15) is 4.79 Å². The number of hydrogen-bond acceptors (Lipinski definition) is 6. The SMILES string of the molecule is O=C(Nc1ccc(Nc2nccc(-c3ccncc3)n2)cc1)c1cccnc1. The van der Waals surface area contributed by atoms with Crippen LogP contribution in [0.2, 0.25) is 0 Å². The molecule has 3 heterocycles. The zero-order valence-electron chi connectivity index (χ0n) is 14.8. The second-order valence-corrected chi connectivity index (χ2v) is 5.90. The lowest BCUT2D eigenvalue weighted by Crippen LogP contribution is -2.11.